The predicted octanol–water partition coefficient (Wildman–Crippen LogP) is 4.05. The Morgan fingerprint density at radius 1 is 1.28 bits per heavy atom. The van der Waals surface area contributed by atoms with Gasteiger partial charge in [-0.25, -0.2) is 4.98 Å². The number of benzene rings is 1. The monoisotopic (exact) mass is 449 g/mol. The molecular weight excluding hydrogens is 426 g/mol. The van der Waals surface area contributed by atoms with Crippen LogP contribution in [0.3, 0.4) is 0 Å². The molecule has 1 fully saturated rings. The molecule has 164 valence electrons. The van der Waals surface area contributed by atoms with Crippen molar-refractivity contribution in [1.29, 1.82) is 0 Å². The van der Waals surface area contributed by atoms with E-state index >= 15 is 0 Å². The lowest BCUT2D eigenvalue weighted by atomic mass is 9.95. The maximum atomic E-state index is 13.1. The quantitative estimate of drug-likeness (QED) is 0.449. The first kappa shape index (κ1) is 20.7. The van der Waals surface area contributed by atoms with Crippen molar-refractivity contribution in [1.82, 2.24) is 15.2 Å². The number of para-hydroxylation sites is 1. The van der Waals surface area contributed by atoms with E-state index in [0.717, 1.165) is 27.6 Å². The number of carbonyl (C=O) groups excluding carboxylic acids is 2. The number of nitrogens with one attached hydrogen (secondary N) is 1. The molecule has 0 spiro atoms. The molecule has 8 heteroatoms. The lowest BCUT2D eigenvalue weighted by Crippen LogP contribution is -2.29. The number of nitrogens with zero attached hydrogens (tertiary/aromatic N) is 2. The number of hydrogen-bond donors (Lipinski definition) is 1. The lowest BCUT2D eigenvalue weighted by Gasteiger charge is -2.16. The molecule has 32 heavy (non-hydrogen) atoms. The Labute approximate surface area is 189 Å². The normalized spacial score (nSPS) is 16.2. The van der Waals surface area contributed by atoms with Gasteiger partial charge in [-0.1, -0.05) is 24.3 Å². The number of thiophene rings is 1. The molecule has 5 rings (SSSR count). The molecule has 7 nitrogen and oxygen atoms in total. The van der Waals surface area contributed by atoms with Gasteiger partial charge in [-0.3, -0.25) is 9.59 Å². The Hall–Kier alpha value is -3.23. The Bertz CT molecular complexity index is 1260. The summed E-state index contributed by atoms with van der Waals surface area (Å²) in [4.78, 5) is 33.8. The molecule has 3 aromatic heterocycles. The second-order valence-electron chi connectivity index (χ2n) is 7.83. The van der Waals surface area contributed by atoms with Crippen molar-refractivity contribution in [3.63, 3.8) is 0 Å². The molecular formula is C24H23N3O4S. The molecule has 0 radical (unpaired) electrons. The van der Waals surface area contributed by atoms with Crippen molar-refractivity contribution in [3.8, 4) is 0 Å². The van der Waals surface area contributed by atoms with Crippen LogP contribution in [0.25, 0.3) is 21.2 Å². The highest BCUT2D eigenvalue weighted by atomic mass is 32.1. The molecule has 1 atom stereocenters. The summed E-state index contributed by atoms with van der Waals surface area (Å²) in [6, 6.07) is 13.3. The van der Waals surface area contributed by atoms with Crippen molar-refractivity contribution >= 4 is 44.3 Å². The van der Waals surface area contributed by atoms with E-state index in [-0.39, 0.29) is 17.7 Å². The maximum absolute atomic E-state index is 13.1. The molecule has 4 heterocycles. The summed E-state index contributed by atoms with van der Waals surface area (Å²) in [5, 5.41) is 4.82. The molecule has 0 aliphatic carbocycles. The zero-order chi connectivity index (χ0) is 22.1. The minimum atomic E-state index is -0.123. The van der Waals surface area contributed by atoms with E-state index in [4.69, 9.17) is 9.15 Å². The largest absolute Gasteiger partial charge is 0.451 e. The predicted molar refractivity (Wildman–Crippen MR) is 123 cm³/mol. The van der Waals surface area contributed by atoms with Crippen LogP contribution in [-0.2, 0) is 4.74 Å². The van der Waals surface area contributed by atoms with Gasteiger partial charge in [0.25, 0.3) is 11.8 Å². The number of hydrogen-bond acceptors (Lipinski definition) is 6. The highest BCUT2D eigenvalue weighted by Gasteiger charge is 2.34. The van der Waals surface area contributed by atoms with Gasteiger partial charge in [-0.15, -0.1) is 11.3 Å². The van der Waals surface area contributed by atoms with Crippen LogP contribution in [0.1, 0.15) is 38.1 Å². The van der Waals surface area contributed by atoms with E-state index < -0.39 is 0 Å². The summed E-state index contributed by atoms with van der Waals surface area (Å²) in [5.74, 6) is 0.167. The SMILES string of the molecule is COCCNC(=O)c1sc2ncccc2c1[C@H]1CCN(C(=O)c2cc3ccccc3o2)C1. The number of amides is 2. The summed E-state index contributed by atoms with van der Waals surface area (Å²) < 4.78 is 10.8. The van der Waals surface area contributed by atoms with Gasteiger partial charge in [0.15, 0.2) is 5.76 Å². The van der Waals surface area contributed by atoms with Gasteiger partial charge < -0.3 is 19.4 Å². The standard InChI is InChI=1S/C24H23N3O4S/c1-30-12-10-25-22(28)21-20(17-6-4-9-26-23(17)32-21)16-8-11-27(14-16)24(29)19-13-15-5-2-3-7-18(15)31-19/h2-7,9,13,16H,8,10-12,14H2,1H3,(H,25,28)/t16-/m0/s1. The number of furan rings is 1. The van der Waals surface area contributed by atoms with Crippen LogP contribution in [-0.4, -0.2) is 55.0 Å². The highest BCUT2D eigenvalue weighted by Crippen LogP contribution is 2.39. The van der Waals surface area contributed by atoms with Crippen LogP contribution >= 0.6 is 11.3 Å². The van der Waals surface area contributed by atoms with Crippen LogP contribution in [0, 0.1) is 0 Å². The zero-order valence-electron chi connectivity index (χ0n) is 17.7. The van der Waals surface area contributed by atoms with Gasteiger partial charge in [0.1, 0.15) is 10.4 Å². The Morgan fingerprint density at radius 2 is 2.16 bits per heavy atom. The average molecular weight is 450 g/mol. The summed E-state index contributed by atoms with van der Waals surface area (Å²) >= 11 is 1.40. The maximum Gasteiger partial charge on any atom is 0.289 e. The second kappa shape index (κ2) is 8.72. The molecule has 0 unspecified atom stereocenters. The number of methoxy groups -OCH3 is 1. The van der Waals surface area contributed by atoms with Crippen LogP contribution < -0.4 is 5.32 Å². The van der Waals surface area contributed by atoms with E-state index in [1.165, 1.54) is 11.3 Å². The number of aromatic nitrogens is 1. The number of rotatable bonds is 6. The van der Waals surface area contributed by atoms with E-state index in [1.54, 1.807) is 19.4 Å². The van der Waals surface area contributed by atoms with Crippen molar-refractivity contribution in [2.24, 2.45) is 0 Å². The molecule has 1 aliphatic heterocycles. The van der Waals surface area contributed by atoms with Gasteiger partial charge in [-0.05, 0) is 30.2 Å². The van der Waals surface area contributed by atoms with Crippen LogP contribution in [0.5, 0.6) is 0 Å². The third kappa shape index (κ3) is 3.76. The third-order valence-electron chi connectivity index (χ3n) is 5.82. The lowest BCUT2D eigenvalue weighted by molar-refractivity contribution is 0.0761. The molecule has 2 amide bonds. The number of carbonyl (C=O) groups is 2. The Kier molecular flexibility index (Phi) is 5.63. The van der Waals surface area contributed by atoms with Crippen molar-refractivity contribution in [2.45, 2.75) is 12.3 Å². The topological polar surface area (TPSA) is 84.7 Å². The first-order valence-electron chi connectivity index (χ1n) is 10.6. The Morgan fingerprint density at radius 3 is 3.00 bits per heavy atom. The fourth-order valence-electron chi connectivity index (χ4n) is 4.30. The second-order valence-corrected chi connectivity index (χ2v) is 8.83. The van der Waals surface area contributed by atoms with E-state index in [1.807, 2.05) is 41.3 Å². The van der Waals surface area contributed by atoms with E-state index in [0.29, 0.717) is 42.5 Å². The molecule has 1 saturated heterocycles. The van der Waals surface area contributed by atoms with Crippen molar-refractivity contribution in [2.75, 3.05) is 33.4 Å². The van der Waals surface area contributed by atoms with Gasteiger partial charge >= 0.3 is 0 Å². The van der Waals surface area contributed by atoms with Gasteiger partial charge in [0, 0.05) is 49.6 Å². The zero-order valence-corrected chi connectivity index (χ0v) is 18.5. The first-order valence-corrected chi connectivity index (χ1v) is 11.4. The fraction of sp³-hybridized carbons (Fsp3) is 0.292. The van der Waals surface area contributed by atoms with Crippen LogP contribution in [0.15, 0.2) is 53.1 Å². The minimum absolute atomic E-state index is 0.0597. The number of fused-ring (bicyclic) bond motifs is 2. The van der Waals surface area contributed by atoms with Crippen LogP contribution in [0.2, 0.25) is 0 Å². The summed E-state index contributed by atoms with van der Waals surface area (Å²) in [7, 11) is 1.60. The molecule has 4 aromatic rings. The van der Waals surface area contributed by atoms with E-state index in [9.17, 15) is 9.59 Å². The summed E-state index contributed by atoms with van der Waals surface area (Å²) in [6.45, 7) is 2.04. The first-order chi connectivity index (χ1) is 15.7. The average Bonchev–Trinajstić information content (AvgIpc) is 3.54. The third-order valence-corrected chi connectivity index (χ3v) is 6.95. The van der Waals surface area contributed by atoms with Gasteiger partial charge in [0.2, 0.25) is 0 Å². The van der Waals surface area contributed by atoms with E-state index in [2.05, 4.69) is 10.3 Å². The fourth-order valence-corrected chi connectivity index (χ4v) is 5.44. The molecule has 1 aromatic carbocycles. The summed E-state index contributed by atoms with van der Waals surface area (Å²) in [5.41, 5.74) is 1.68. The number of ether oxygens (including phenoxy) is 1. The Balaban J connectivity index is 1.41. The van der Waals surface area contributed by atoms with Gasteiger partial charge in [-0.2, -0.15) is 0 Å². The van der Waals surface area contributed by atoms with Crippen molar-refractivity contribution < 1.29 is 18.7 Å². The van der Waals surface area contributed by atoms with Crippen molar-refractivity contribution in [3.05, 3.63) is 64.9 Å². The van der Waals surface area contributed by atoms with Gasteiger partial charge in [0.05, 0.1) is 11.5 Å². The smallest absolute Gasteiger partial charge is 0.289 e. The number of likely N-dealkylation sites (tertiary alicyclic amines) is 1. The summed E-state index contributed by atoms with van der Waals surface area (Å²) in [6.07, 6.45) is 2.52. The highest BCUT2D eigenvalue weighted by molar-refractivity contribution is 7.20. The van der Waals surface area contributed by atoms with Crippen LogP contribution in [0.4, 0.5) is 0 Å². The molecule has 1 aliphatic rings. The number of pyridine rings is 1. The molecule has 1 N–H and O–H groups in total. The molecule has 0 saturated carbocycles. The minimum Gasteiger partial charge on any atom is -0.451 e. The molecule has 0 bridgehead atoms.